The minimum atomic E-state index is -1.95. The number of carbonyl (C=O) groups excluding carboxylic acids is 7. The molecule has 22 nitrogen and oxygen atoms in total. The summed E-state index contributed by atoms with van der Waals surface area (Å²) in [5.41, 5.74) is 11.1. The van der Waals surface area contributed by atoms with Crippen LogP contribution in [0.5, 0.6) is 0 Å². The highest BCUT2D eigenvalue weighted by Gasteiger charge is 2.35. The van der Waals surface area contributed by atoms with Gasteiger partial charge in [0.05, 0.1) is 18.6 Å². The first-order valence-corrected chi connectivity index (χ1v) is 18.1. The molecular weight excluding hydrogens is 740 g/mol. The zero-order chi connectivity index (χ0) is 41.9. The Hall–Kier alpha value is -5.03. The molecule has 0 saturated carbocycles. The standard InChI is InChI=1S/C31H52N8O14S/c1-13(2)23(33)29(50)34-14(3)25(46)35-16(6-8-20(32)41)26(47)36-18(10-11-54-5)28(49)39-24(15(4)40)30(51)37-17(7-9-21(42)43)27(48)38-19(31(52)53)12-22(44)45/h13-19,23-24,40H,6-12,33H2,1-5H3,(H2,32,41)(H,34,50)(H,35,46)(H,36,47)(H,37,51)(H,38,48)(H,39,49)(H,42,43)(H,44,45)(H,52,53)/t14-,15+,16-,17-,18-,19-,23-,24-/m0/s1. The summed E-state index contributed by atoms with van der Waals surface area (Å²) in [6.07, 6.45) is -3.10. The van der Waals surface area contributed by atoms with E-state index in [0.29, 0.717) is 0 Å². The van der Waals surface area contributed by atoms with Crippen LogP contribution in [0, 0.1) is 5.92 Å². The number of nitrogens with one attached hydrogen (secondary N) is 6. The normalized spacial score (nSPS) is 15.4. The largest absolute Gasteiger partial charge is 0.481 e. The van der Waals surface area contributed by atoms with Gasteiger partial charge in [-0.2, -0.15) is 11.8 Å². The Bertz CT molecular complexity index is 1380. The topological polar surface area (TPSA) is 376 Å². The van der Waals surface area contributed by atoms with Crippen LogP contribution in [-0.4, -0.2) is 140 Å². The molecule has 0 aliphatic heterocycles. The van der Waals surface area contributed by atoms with E-state index in [-0.39, 0.29) is 30.9 Å². The van der Waals surface area contributed by atoms with Gasteiger partial charge in [-0.15, -0.1) is 0 Å². The fraction of sp³-hybridized carbons (Fsp3) is 0.677. The van der Waals surface area contributed by atoms with Crippen molar-refractivity contribution in [1.29, 1.82) is 0 Å². The Morgan fingerprint density at radius 2 is 1.06 bits per heavy atom. The molecule has 7 amide bonds. The third-order valence-electron chi connectivity index (χ3n) is 7.66. The first kappa shape index (κ1) is 49.0. The Balaban J connectivity index is 6.18. The fourth-order valence-corrected chi connectivity index (χ4v) is 4.88. The molecule has 0 aromatic rings. The second-order valence-electron chi connectivity index (χ2n) is 12.6. The lowest BCUT2D eigenvalue weighted by molar-refractivity contribution is -0.147. The number of hydrogen-bond donors (Lipinski definition) is 12. The molecule has 0 heterocycles. The maximum absolute atomic E-state index is 13.5. The molecule has 0 aliphatic carbocycles. The maximum Gasteiger partial charge on any atom is 0.326 e. The molecule has 0 saturated heterocycles. The second-order valence-corrected chi connectivity index (χ2v) is 13.6. The molecule has 0 rings (SSSR count). The number of amides is 7. The average Bonchev–Trinajstić information content (AvgIpc) is 3.06. The van der Waals surface area contributed by atoms with Gasteiger partial charge in [-0.3, -0.25) is 43.2 Å². The summed E-state index contributed by atoms with van der Waals surface area (Å²) >= 11 is 1.27. The van der Waals surface area contributed by atoms with Crippen molar-refractivity contribution in [2.75, 3.05) is 12.0 Å². The number of carboxylic acids is 3. The van der Waals surface area contributed by atoms with Gasteiger partial charge < -0.3 is 63.8 Å². The number of carbonyl (C=O) groups is 10. The lowest BCUT2D eigenvalue weighted by atomic mass is 10.0. The van der Waals surface area contributed by atoms with Gasteiger partial charge in [0.2, 0.25) is 41.4 Å². The van der Waals surface area contributed by atoms with E-state index in [2.05, 4.69) is 26.6 Å². The average molecular weight is 793 g/mol. The van der Waals surface area contributed by atoms with Crippen molar-refractivity contribution >= 4 is 71.0 Å². The molecule has 23 heteroatoms. The molecule has 0 spiro atoms. The van der Waals surface area contributed by atoms with Crippen molar-refractivity contribution in [3.63, 3.8) is 0 Å². The maximum atomic E-state index is 13.5. The lowest BCUT2D eigenvalue weighted by Crippen LogP contribution is -2.61. The molecule has 0 fully saturated rings. The highest BCUT2D eigenvalue weighted by molar-refractivity contribution is 7.98. The summed E-state index contributed by atoms with van der Waals surface area (Å²) < 4.78 is 0. The van der Waals surface area contributed by atoms with E-state index >= 15 is 0 Å². The van der Waals surface area contributed by atoms with Gasteiger partial charge >= 0.3 is 17.9 Å². The number of aliphatic carboxylic acids is 3. The van der Waals surface area contributed by atoms with Crippen LogP contribution in [0.1, 0.15) is 66.2 Å². The number of hydrogen-bond acceptors (Lipinski definition) is 13. The molecule has 0 aliphatic rings. The van der Waals surface area contributed by atoms with Gasteiger partial charge in [-0.1, -0.05) is 13.8 Å². The fourth-order valence-electron chi connectivity index (χ4n) is 4.41. The van der Waals surface area contributed by atoms with Crippen LogP contribution >= 0.6 is 11.8 Å². The highest BCUT2D eigenvalue weighted by atomic mass is 32.2. The number of nitrogens with two attached hydrogens (primary N) is 2. The summed E-state index contributed by atoms with van der Waals surface area (Å²) in [7, 11) is 0. The van der Waals surface area contributed by atoms with E-state index in [1.807, 2.05) is 5.32 Å². The van der Waals surface area contributed by atoms with Crippen LogP contribution in [0.4, 0.5) is 0 Å². The van der Waals surface area contributed by atoms with Gasteiger partial charge in [-0.25, -0.2) is 4.79 Å². The Kier molecular flexibility index (Phi) is 22.1. The van der Waals surface area contributed by atoms with E-state index < -0.39 is 127 Å². The van der Waals surface area contributed by atoms with E-state index in [1.165, 1.54) is 18.7 Å². The van der Waals surface area contributed by atoms with Gasteiger partial charge in [0, 0.05) is 12.8 Å². The zero-order valence-corrected chi connectivity index (χ0v) is 31.4. The lowest BCUT2D eigenvalue weighted by Gasteiger charge is -2.28. The monoisotopic (exact) mass is 792 g/mol. The van der Waals surface area contributed by atoms with Crippen LogP contribution in [0.2, 0.25) is 0 Å². The number of carboxylic acid groups (broad SMARTS) is 3. The van der Waals surface area contributed by atoms with E-state index in [4.69, 9.17) is 21.7 Å². The molecule has 306 valence electrons. The van der Waals surface area contributed by atoms with E-state index in [1.54, 1.807) is 20.1 Å². The third kappa shape index (κ3) is 18.6. The van der Waals surface area contributed by atoms with Gasteiger partial charge in [0.15, 0.2) is 0 Å². The molecule has 8 atom stereocenters. The first-order chi connectivity index (χ1) is 25.0. The predicted molar refractivity (Wildman–Crippen MR) is 190 cm³/mol. The SMILES string of the molecule is CSCC[C@H](NC(=O)[C@H](CCC(N)=O)NC(=O)[C@H](C)NC(=O)[C@@H](N)C(C)C)C(=O)N[C@H](C(=O)N[C@@H](CCC(=O)O)C(=O)N[C@@H](CC(=O)O)C(=O)O)[C@@H](C)O. The van der Waals surface area contributed by atoms with Crippen molar-refractivity contribution in [3.05, 3.63) is 0 Å². The molecule has 0 unspecified atom stereocenters. The molecule has 0 bridgehead atoms. The van der Waals surface area contributed by atoms with Gasteiger partial charge in [0.1, 0.15) is 36.3 Å². The number of aliphatic hydroxyl groups is 1. The Labute approximate surface area is 315 Å². The number of rotatable bonds is 26. The summed E-state index contributed by atoms with van der Waals surface area (Å²) in [5.74, 6) is -11.5. The second kappa shape index (κ2) is 24.3. The van der Waals surface area contributed by atoms with Crippen molar-refractivity contribution in [3.8, 4) is 0 Å². The van der Waals surface area contributed by atoms with Crippen LogP contribution in [0.3, 0.4) is 0 Å². The highest BCUT2D eigenvalue weighted by Crippen LogP contribution is 2.08. The van der Waals surface area contributed by atoms with Crippen molar-refractivity contribution in [2.24, 2.45) is 17.4 Å². The van der Waals surface area contributed by atoms with Gasteiger partial charge in [0.25, 0.3) is 0 Å². The van der Waals surface area contributed by atoms with Gasteiger partial charge in [-0.05, 0) is 51.0 Å². The molecule has 0 aromatic heterocycles. The number of thioether (sulfide) groups is 1. The summed E-state index contributed by atoms with van der Waals surface area (Å²) in [6, 6.07) is -10.5. The van der Waals surface area contributed by atoms with Crippen molar-refractivity contribution in [1.82, 2.24) is 31.9 Å². The smallest absolute Gasteiger partial charge is 0.326 e. The van der Waals surface area contributed by atoms with Crippen LogP contribution in [-0.2, 0) is 47.9 Å². The minimum absolute atomic E-state index is 0.0628. The van der Waals surface area contributed by atoms with Crippen LogP contribution in [0.25, 0.3) is 0 Å². The third-order valence-corrected chi connectivity index (χ3v) is 8.31. The number of aliphatic hydroxyl groups excluding tert-OH is 1. The first-order valence-electron chi connectivity index (χ1n) is 16.7. The Morgan fingerprint density at radius 1 is 0.593 bits per heavy atom. The quantitative estimate of drug-likeness (QED) is 0.0394. The molecule has 0 radical (unpaired) electrons. The molecule has 54 heavy (non-hydrogen) atoms. The number of primary amides is 1. The summed E-state index contributed by atoms with van der Waals surface area (Å²) in [6.45, 7) is 5.81. The van der Waals surface area contributed by atoms with Crippen LogP contribution in [0.15, 0.2) is 0 Å². The zero-order valence-electron chi connectivity index (χ0n) is 30.6. The summed E-state index contributed by atoms with van der Waals surface area (Å²) in [5, 5.41) is 51.3. The van der Waals surface area contributed by atoms with E-state index in [0.717, 1.165) is 6.92 Å². The molecular formula is C31H52N8O14S. The van der Waals surface area contributed by atoms with Crippen molar-refractivity contribution < 1.29 is 68.4 Å². The van der Waals surface area contributed by atoms with E-state index in [9.17, 15) is 58.2 Å². The molecule has 14 N–H and O–H groups in total. The predicted octanol–water partition coefficient (Wildman–Crippen LogP) is -4.28. The molecule has 0 aromatic carbocycles. The minimum Gasteiger partial charge on any atom is -0.481 e. The van der Waals surface area contributed by atoms with Crippen molar-refractivity contribution in [2.45, 2.75) is 115 Å². The van der Waals surface area contributed by atoms with Crippen LogP contribution < -0.4 is 43.4 Å². The summed E-state index contributed by atoms with van der Waals surface area (Å²) in [4.78, 5) is 124. The Morgan fingerprint density at radius 3 is 1.50 bits per heavy atom.